The van der Waals surface area contributed by atoms with Crippen molar-refractivity contribution in [1.82, 2.24) is 0 Å². The summed E-state index contributed by atoms with van der Waals surface area (Å²) in [5, 5.41) is 18.6. The summed E-state index contributed by atoms with van der Waals surface area (Å²) < 4.78 is 0. The second-order valence-electron chi connectivity index (χ2n) is 6.76. The van der Waals surface area contributed by atoms with Crippen LogP contribution in [-0.2, 0) is 4.79 Å². The van der Waals surface area contributed by atoms with E-state index >= 15 is 0 Å². The summed E-state index contributed by atoms with van der Waals surface area (Å²) in [7, 11) is 0. The molecule has 2 N–H and O–H groups in total. The third-order valence-electron chi connectivity index (χ3n) is 4.65. The summed E-state index contributed by atoms with van der Waals surface area (Å²) in [6.45, 7) is 2.18. The van der Waals surface area contributed by atoms with Crippen LogP contribution in [0.15, 0.2) is 12.2 Å². The van der Waals surface area contributed by atoms with Crippen LogP contribution in [0.1, 0.15) is 71.1 Å². The summed E-state index contributed by atoms with van der Waals surface area (Å²) in [5.74, 6) is 3.08. The van der Waals surface area contributed by atoms with Gasteiger partial charge >= 0.3 is 5.97 Å². The van der Waals surface area contributed by atoms with Crippen molar-refractivity contribution < 1.29 is 15.0 Å². The third-order valence-corrected chi connectivity index (χ3v) is 5.93. The van der Waals surface area contributed by atoms with Gasteiger partial charge in [0.05, 0.1) is 6.10 Å². The lowest BCUT2D eigenvalue weighted by atomic mass is 9.90. The molecule has 0 spiro atoms. The summed E-state index contributed by atoms with van der Waals surface area (Å²) in [4.78, 5) is 10.5. The maximum atomic E-state index is 10.5. The molecule has 1 rings (SSSR count). The van der Waals surface area contributed by atoms with E-state index in [-0.39, 0.29) is 6.10 Å². The van der Waals surface area contributed by atoms with E-state index in [4.69, 9.17) is 5.11 Å². The van der Waals surface area contributed by atoms with Crippen molar-refractivity contribution in [3.63, 3.8) is 0 Å². The highest BCUT2D eigenvalue weighted by Gasteiger charge is 2.25. The van der Waals surface area contributed by atoms with E-state index in [2.05, 4.69) is 13.0 Å². The number of aliphatic hydroxyl groups is 1. The average molecular weight is 343 g/mol. The van der Waals surface area contributed by atoms with Crippen LogP contribution in [0, 0.1) is 11.8 Å². The molecule has 0 aromatic carbocycles. The Morgan fingerprint density at radius 1 is 1.17 bits per heavy atom. The number of aliphatic hydroxyl groups excluding tert-OH is 1. The number of carboxylic acid groups (broad SMARTS) is 1. The largest absolute Gasteiger partial charge is 0.481 e. The molecule has 23 heavy (non-hydrogen) atoms. The minimum Gasteiger partial charge on any atom is -0.481 e. The van der Waals surface area contributed by atoms with Gasteiger partial charge in [0.25, 0.3) is 0 Å². The number of thioether (sulfide) groups is 1. The highest BCUT2D eigenvalue weighted by molar-refractivity contribution is 7.99. The molecule has 0 amide bonds. The highest BCUT2D eigenvalue weighted by Crippen LogP contribution is 2.34. The number of aliphatic carboxylic acids is 1. The van der Waals surface area contributed by atoms with Gasteiger partial charge in [0.1, 0.15) is 0 Å². The smallest absolute Gasteiger partial charge is 0.303 e. The van der Waals surface area contributed by atoms with Crippen LogP contribution in [0.3, 0.4) is 0 Å². The predicted molar refractivity (Wildman–Crippen MR) is 98.9 cm³/mol. The Hall–Kier alpha value is -0.480. The van der Waals surface area contributed by atoms with E-state index in [9.17, 15) is 9.90 Å². The molecule has 1 fully saturated rings. The van der Waals surface area contributed by atoms with Gasteiger partial charge in [0.2, 0.25) is 0 Å². The maximum absolute atomic E-state index is 10.5. The lowest BCUT2D eigenvalue weighted by Gasteiger charge is -2.16. The minimum absolute atomic E-state index is 0.274. The number of allylic oxidation sites excluding steroid dienone is 1. The quantitative estimate of drug-likeness (QED) is 0.370. The Balaban J connectivity index is 2.16. The van der Waals surface area contributed by atoms with Gasteiger partial charge in [-0.2, -0.15) is 11.8 Å². The van der Waals surface area contributed by atoms with Crippen LogP contribution < -0.4 is 0 Å². The van der Waals surface area contributed by atoms with Crippen LogP contribution in [0.2, 0.25) is 0 Å². The van der Waals surface area contributed by atoms with E-state index in [1.807, 2.05) is 17.8 Å². The number of hydrogen-bond acceptors (Lipinski definition) is 3. The van der Waals surface area contributed by atoms with Crippen molar-refractivity contribution in [3.8, 4) is 0 Å². The predicted octanol–water partition coefficient (Wildman–Crippen LogP) is 4.89. The van der Waals surface area contributed by atoms with Crippen molar-refractivity contribution in [2.75, 3.05) is 11.5 Å². The first kappa shape index (κ1) is 20.6. The first-order valence-electron chi connectivity index (χ1n) is 9.29. The normalized spacial score (nSPS) is 22.7. The maximum Gasteiger partial charge on any atom is 0.303 e. The molecule has 3 nitrogen and oxygen atoms in total. The zero-order valence-corrected chi connectivity index (χ0v) is 15.4. The molecule has 0 radical (unpaired) electrons. The molecule has 1 unspecified atom stereocenters. The van der Waals surface area contributed by atoms with Crippen LogP contribution in [0.25, 0.3) is 0 Å². The van der Waals surface area contributed by atoms with Gasteiger partial charge in [-0.15, -0.1) is 0 Å². The number of rotatable bonds is 13. The molecule has 1 aliphatic rings. The van der Waals surface area contributed by atoms with E-state index < -0.39 is 5.97 Å². The molecule has 0 aromatic heterocycles. The molecule has 0 saturated carbocycles. The Morgan fingerprint density at radius 3 is 2.70 bits per heavy atom. The minimum atomic E-state index is -0.681. The molecule has 1 heterocycles. The van der Waals surface area contributed by atoms with Crippen molar-refractivity contribution in [1.29, 1.82) is 0 Å². The van der Waals surface area contributed by atoms with E-state index in [0.717, 1.165) is 38.0 Å². The van der Waals surface area contributed by atoms with Crippen molar-refractivity contribution in [2.45, 2.75) is 77.2 Å². The molecule has 134 valence electrons. The van der Waals surface area contributed by atoms with Crippen LogP contribution in [0.4, 0.5) is 0 Å². The fourth-order valence-corrected chi connectivity index (χ4v) is 4.64. The van der Waals surface area contributed by atoms with E-state index in [0.29, 0.717) is 12.3 Å². The summed E-state index contributed by atoms with van der Waals surface area (Å²) in [6.07, 6.45) is 14.1. The molecule has 0 aromatic rings. The van der Waals surface area contributed by atoms with Crippen molar-refractivity contribution >= 4 is 17.7 Å². The van der Waals surface area contributed by atoms with Crippen LogP contribution in [-0.4, -0.2) is 33.8 Å². The molecule has 3 atom stereocenters. The summed E-state index contributed by atoms with van der Waals surface area (Å²) in [6, 6.07) is 0. The third kappa shape index (κ3) is 10.1. The second kappa shape index (κ2) is 12.9. The average Bonchev–Trinajstić information content (AvgIpc) is 2.96. The highest BCUT2D eigenvalue weighted by atomic mass is 32.2. The Kier molecular flexibility index (Phi) is 11.5. The molecule has 1 saturated heterocycles. The van der Waals surface area contributed by atoms with Gasteiger partial charge < -0.3 is 10.2 Å². The molecule has 0 bridgehead atoms. The first-order chi connectivity index (χ1) is 11.1. The number of unbranched alkanes of at least 4 members (excludes halogenated alkanes) is 5. The second-order valence-corrected chi connectivity index (χ2v) is 7.83. The van der Waals surface area contributed by atoms with Gasteiger partial charge in [-0.3, -0.25) is 4.79 Å². The molecular formula is C19H34O3S. The lowest BCUT2D eigenvalue weighted by Crippen LogP contribution is -2.11. The fraction of sp³-hybridized carbons (Fsp3) is 0.842. The Labute approximate surface area is 145 Å². The zero-order chi connectivity index (χ0) is 16.9. The SMILES string of the molecule is CCCCCC(O)/C=C/[C@H]1CSC[C@H]1CCCCCCC(=O)O. The van der Waals surface area contributed by atoms with Gasteiger partial charge in [-0.25, -0.2) is 0 Å². The monoisotopic (exact) mass is 342 g/mol. The molecule has 0 aliphatic carbocycles. The van der Waals surface area contributed by atoms with Gasteiger partial charge in [-0.05, 0) is 42.6 Å². The zero-order valence-electron chi connectivity index (χ0n) is 14.6. The number of hydrogen-bond donors (Lipinski definition) is 2. The Bertz CT molecular complexity index is 344. The summed E-state index contributed by atoms with van der Waals surface area (Å²) >= 11 is 2.03. The van der Waals surface area contributed by atoms with Crippen molar-refractivity contribution in [2.24, 2.45) is 11.8 Å². The first-order valence-corrected chi connectivity index (χ1v) is 10.4. The van der Waals surface area contributed by atoms with Crippen LogP contribution in [0.5, 0.6) is 0 Å². The van der Waals surface area contributed by atoms with E-state index in [1.54, 1.807) is 0 Å². The number of carboxylic acids is 1. The Morgan fingerprint density at radius 2 is 1.96 bits per heavy atom. The fourth-order valence-electron chi connectivity index (χ4n) is 3.13. The van der Waals surface area contributed by atoms with Crippen LogP contribution >= 0.6 is 11.8 Å². The molecular weight excluding hydrogens is 308 g/mol. The number of carbonyl (C=O) groups is 1. The van der Waals surface area contributed by atoms with Gasteiger partial charge in [0.15, 0.2) is 0 Å². The molecule has 4 heteroatoms. The van der Waals surface area contributed by atoms with Crippen molar-refractivity contribution in [3.05, 3.63) is 12.2 Å². The summed E-state index contributed by atoms with van der Waals surface area (Å²) in [5.41, 5.74) is 0. The lowest BCUT2D eigenvalue weighted by molar-refractivity contribution is -0.137. The van der Waals surface area contributed by atoms with Gasteiger partial charge in [-0.1, -0.05) is 57.6 Å². The molecule has 1 aliphatic heterocycles. The van der Waals surface area contributed by atoms with Gasteiger partial charge in [0, 0.05) is 6.42 Å². The van der Waals surface area contributed by atoms with E-state index in [1.165, 1.54) is 37.2 Å². The topological polar surface area (TPSA) is 57.5 Å². The standard InChI is InChI=1S/C19H34O3S/c1-2-3-6-10-18(20)13-12-17-15-23-14-16(17)9-7-4-5-8-11-19(21)22/h12-13,16-18,20H,2-11,14-15H2,1H3,(H,21,22)/b13-12+/t16-,17+,18?/m1/s1.